The van der Waals surface area contributed by atoms with E-state index in [-0.39, 0.29) is 11.3 Å². The molecule has 0 saturated carbocycles. The molecule has 0 aliphatic heterocycles. The third-order valence-electron chi connectivity index (χ3n) is 3.22. The average molecular weight is 313 g/mol. The van der Waals surface area contributed by atoms with Crippen molar-refractivity contribution in [2.24, 2.45) is 0 Å². The minimum Gasteiger partial charge on any atom is -0.464 e. The Bertz CT molecular complexity index is 904. The minimum atomic E-state index is -0.506. The highest BCUT2D eigenvalue weighted by Gasteiger charge is 2.12. The number of ether oxygens (including phenoxy) is 1. The van der Waals surface area contributed by atoms with Gasteiger partial charge in [-0.15, -0.1) is 0 Å². The van der Waals surface area contributed by atoms with Crippen molar-refractivity contribution in [3.05, 3.63) is 59.7 Å². The number of H-pyrrole nitrogens is 1. The largest absolute Gasteiger partial charge is 0.464 e. The van der Waals surface area contributed by atoms with E-state index in [4.69, 9.17) is 0 Å². The number of aromatic amines is 1. The first-order valence-corrected chi connectivity index (χ1v) is 6.71. The zero-order chi connectivity index (χ0) is 16.4. The Morgan fingerprint density at radius 2 is 2.09 bits per heavy atom. The van der Waals surface area contributed by atoms with E-state index in [2.05, 4.69) is 20.0 Å². The van der Waals surface area contributed by atoms with Crippen LogP contribution in [0.2, 0.25) is 0 Å². The molecule has 0 saturated heterocycles. The second kappa shape index (κ2) is 5.88. The van der Waals surface area contributed by atoms with Crippen LogP contribution in [0.25, 0.3) is 11.0 Å². The van der Waals surface area contributed by atoms with Crippen molar-refractivity contribution in [2.75, 3.05) is 12.4 Å². The normalized spacial score (nSPS) is 10.5. The van der Waals surface area contributed by atoms with Crippen molar-refractivity contribution >= 4 is 28.6 Å². The molecular formula is C16H12FN3O3. The summed E-state index contributed by atoms with van der Waals surface area (Å²) in [6.07, 6.45) is 1.44. The van der Waals surface area contributed by atoms with Crippen molar-refractivity contribution in [1.29, 1.82) is 0 Å². The number of pyridine rings is 1. The Balaban J connectivity index is 1.85. The Morgan fingerprint density at radius 1 is 1.26 bits per heavy atom. The van der Waals surface area contributed by atoms with Gasteiger partial charge < -0.3 is 15.0 Å². The van der Waals surface area contributed by atoms with E-state index in [0.29, 0.717) is 16.7 Å². The summed E-state index contributed by atoms with van der Waals surface area (Å²) in [6.45, 7) is 0. The van der Waals surface area contributed by atoms with Gasteiger partial charge in [-0.3, -0.25) is 4.79 Å². The lowest BCUT2D eigenvalue weighted by Gasteiger charge is -2.05. The number of hydrogen-bond acceptors (Lipinski definition) is 4. The maximum atomic E-state index is 13.1. The number of hydrogen-bond donors (Lipinski definition) is 2. The molecule has 3 rings (SSSR count). The number of aromatic nitrogens is 2. The van der Waals surface area contributed by atoms with Crippen molar-refractivity contribution in [2.45, 2.75) is 0 Å². The van der Waals surface area contributed by atoms with Gasteiger partial charge in [0.25, 0.3) is 5.91 Å². The number of methoxy groups -OCH3 is 1. The molecule has 116 valence electrons. The highest BCUT2D eigenvalue weighted by molar-refractivity contribution is 6.05. The molecule has 7 heteroatoms. The standard InChI is InChI=1S/C16H12FN3O3/c1-23-16(22)13-7-10-6-12(8-18-14(10)20-13)19-15(21)9-3-2-4-11(17)5-9/h2-8H,1H3,(H,18,20)(H,19,21). The topological polar surface area (TPSA) is 84.1 Å². The van der Waals surface area contributed by atoms with E-state index in [1.54, 1.807) is 12.1 Å². The number of esters is 1. The van der Waals surface area contributed by atoms with Gasteiger partial charge in [-0.05, 0) is 30.3 Å². The first-order chi connectivity index (χ1) is 11.1. The molecule has 2 aromatic heterocycles. The zero-order valence-corrected chi connectivity index (χ0v) is 12.1. The van der Waals surface area contributed by atoms with Crippen LogP contribution in [0.4, 0.5) is 10.1 Å². The minimum absolute atomic E-state index is 0.203. The summed E-state index contributed by atoms with van der Waals surface area (Å²) in [4.78, 5) is 30.5. The number of anilines is 1. The summed E-state index contributed by atoms with van der Waals surface area (Å²) in [7, 11) is 1.28. The Morgan fingerprint density at radius 3 is 2.83 bits per heavy atom. The molecule has 23 heavy (non-hydrogen) atoms. The molecule has 0 unspecified atom stereocenters. The number of amides is 1. The quantitative estimate of drug-likeness (QED) is 0.728. The fourth-order valence-corrected chi connectivity index (χ4v) is 2.14. The van der Waals surface area contributed by atoms with Crippen LogP contribution in [0, 0.1) is 5.82 Å². The van der Waals surface area contributed by atoms with Crippen LogP contribution >= 0.6 is 0 Å². The molecule has 0 spiro atoms. The molecule has 0 aliphatic carbocycles. The molecule has 3 aromatic rings. The third-order valence-corrected chi connectivity index (χ3v) is 3.22. The molecule has 0 aliphatic rings. The van der Waals surface area contributed by atoms with Crippen LogP contribution in [0.1, 0.15) is 20.8 Å². The zero-order valence-electron chi connectivity index (χ0n) is 12.1. The van der Waals surface area contributed by atoms with E-state index in [0.717, 1.165) is 6.07 Å². The summed E-state index contributed by atoms with van der Waals surface area (Å²) < 4.78 is 17.8. The molecule has 1 aromatic carbocycles. The highest BCUT2D eigenvalue weighted by atomic mass is 19.1. The van der Waals surface area contributed by atoms with Gasteiger partial charge in [-0.1, -0.05) is 6.07 Å². The van der Waals surface area contributed by atoms with Crippen molar-refractivity contribution in [3.8, 4) is 0 Å². The summed E-state index contributed by atoms with van der Waals surface area (Å²) in [5, 5.41) is 3.27. The second-order valence-corrected chi connectivity index (χ2v) is 4.80. The predicted octanol–water partition coefficient (Wildman–Crippen LogP) is 2.74. The molecule has 1 amide bonds. The lowest BCUT2D eigenvalue weighted by atomic mass is 10.2. The van der Waals surface area contributed by atoms with Crippen molar-refractivity contribution in [3.63, 3.8) is 0 Å². The Labute approximate surface area is 130 Å². The maximum Gasteiger partial charge on any atom is 0.354 e. The third kappa shape index (κ3) is 3.03. The summed E-state index contributed by atoms with van der Waals surface area (Å²) in [6, 6.07) is 8.61. The SMILES string of the molecule is COC(=O)c1cc2cc(NC(=O)c3cccc(F)c3)cnc2[nH]1. The highest BCUT2D eigenvalue weighted by Crippen LogP contribution is 2.19. The van der Waals surface area contributed by atoms with Crippen LogP contribution in [0.5, 0.6) is 0 Å². The van der Waals surface area contributed by atoms with Crippen LogP contribution < -0.4 is 5.32 Å². The first-order valence-electron chi connectivity index (χ1n) is 6.71. The van der Waals surface area contributed by atoms with Gasteiger partial charge >= 0.3 is 5.97 Å². The average Bonchev–Trinajstić information content (AvgIpc) is 2.97. The molecule has 0 radical (unpaired) electrons. The van der Waals surface area contributed by atoms with E-state index in [1.165, 1.54) is 31.5 Å². The van der Waals surface area contributed by atoms with Crippen molar-refractivity contribution in [1.82, 2.24) is 9.97 Å². The predicted molar refractivity (Wildman–Crippen MR) is 81.8 cm³/mol. The van der Waals surface area contributed by atoms with E-state index in [1.807, 2.05) is 0 Å². The lowest BCUT2D eigenvalue weighted by Crippen LogP contribution is -2.12. The fraction of sp³-hybridized carbons (Fsp3) is 0.0625. The van der Waals surface area contributed by atoms with E-state index >= 15 is 0 Å². The number of rotatable bonds is 3. The smallest absolute Gasteiger partial charge is 0.354 e. The molecule has 2 N–H and O–H groups in total. The second-order valence-electron chi connectivity index (χ2n) is 4.80. The Hall–Kier alpha value is -3.22. The van der Waals surface area contributed by atoms with E-state index < -0.39 is 17.7 Å². The Kier molecular flexibility index (Phi) is 3.76. The fourth-order valence-electron chi connectivity index (χ4n) is 2.14. The first kappa shape index (κ1) is 14.7. The van der Waals surface area contributed by atoms with E-state index in [9.17, 15) is 14.0 Å². The molecule has 0 bridgehead atoms. The number of carbonyl (C=O) groups excluding carboxylic acids is 2. The van der Waals surface area contributed by atoms with Gasteiger partial charge in [0.15, 0.2) is 0 Å². The summed E-state index contributed by atoms with van der Waals surface area (Å²) >= 11 is 0. The van der Waals surface area contributed by atoms with Crippen LogP contribution in [-0.2, 0) is 4.74 Å². The van der Waals surface area contributed by atoms with Crippen LogP contribution in [0.15, 0.2) is 42.6 Å². The summed E-state index contributed by atoms with van der Waals surface area (Å²) in [5.74, 6) is -1.44. The van der Waals surface area contributed by atoms with Gasteiger partial charge in [0.2, 0.25) is 0 Å². The number of fused-ring (bicyclic) bond motifs is 1. The molecule has 2 heterocycles. The number of halogens is 1. The van der Waals surface area contributed by atoms with Crippen LogP contribution in [0.3, 0.4) is 0 Å². The van der Waals surface area contributed by atoms with Gasteiger partial charge in [-0.25, -0.2) is 14.2 Å². The van der Waals surface area contributed by atoms with Gasteiger partial charge in [0.05, 0.1) is 19.0 Å². The number of nitrogens with zero attached hydrogens (tertiary/aromatic N) is 1. The number of carbonyl (C=O) groups is 2. The maximum absolute atomic E-state index is 13.1. The number of nitrogens with one attached hydrogen (secondary N) is 2. The molecule has 0 fully saturated rings. The molecule has 6 nitrogen and oxygen atoms in total. The monoisotopic (exact) mass is 313 g/mol. The van der Waals surface area contributed by atoms with Crippen LogP contribution in [-0.4, -0.2) is 29.0 Å². The number of benzene rings is 1. The van der Waals surface area contributed by atoms with Gasteiger partial charge in [0, 0.05) is 10.9 Å². The molecule has 0 atom stereocenters. The molecular weight excluding hydrogens is 301 g/mol. The lowest BCUT2D eigenvalue weighted by molar-refractivity contribution is 0.0595. The van der Waals surface area contributed by atoms with Gasteiger partial charge in [-0.2, -0.15) is 0 Å². The summed E-state index contributed by atoms with van der Waals surface area (Å²) in [5.41, 5.74) is 1.40. The van der Waals surface area contributed by atoms with Gasteiger partial charge in [0.1, 0.15) is 17.2 Å². The van der Waals surface area contributed by atoms with Crippen molar-refractivity contribution < 1.29 is 18.7 Å².